The first-order valence-corrected chi connectivity index (χ1v) is 19.2. The molecule has 9 heteroatoms. The molecule has 3 heterocycles. The molecule has 1 N–H and O–H groups in total. The molecular formula is C47H46ClN7O. The molecule has 0 bridgehead atoms. The van der Waals surface area contributed by atoms with Crippen molar-refractivity contribution in [3.8, 4) is 11.4 Å². The lowest BCUT2D eigenvalue weighted by Crippen LogP contribution is -3.00. The average Bonchev–Trinajstić information content (AvgIpc) is 3.66. The van der Waals surface area contributed by atoms with Gasteiger partial charge < -0.3 is 22.6 Å². The van der Waals surface area contributed by atoms with E-state index in [-0.39, 0.29) is 23.7 Å². The number of anilines is 1. The lowest BCUT2D eigenvalue weighted by Gasteiger charge is -2.17. The summed E-state index contributed by atoms with van der Waals surface area (Å²) >= 11 is 0. The molecule has 1 aromatic heterocycles. The standard InChI is InChI=1S/C47H45N7O.ClH/c1-47(2)43(19-7-4-6-16-37-30-40-38-17-11-9-14-34(38)25-27-41(40)53(37)3)54(42-28-26-35-15-10-12-18-39(35)45(42)47)29-13-5-8-20-44(55)48-31-33-21-23-36(24-22-33)46-51-49-32-50-52-46;/h4,6-7,9-12,14-19,21-28,32H,5,8,13,20,29-31H2,1-3H3;1H. The molecule has 8 nitrogen and oxygen atoms in total. The number of hydrogen-bond donors (Lipinski definition) is 1. The van der Waals surface area contributed by atoms with E-state index in [9.17, 15) is 4.79 Å². The Balaban J connectivity index is 0.00000480. The highest BCUT2D eigenvalue weighted by Crippen LogP contribution is 2.44. The van der Waals surface area contributed by atoms with E-state index in [4.69, 9.17) is 0 Å². The van der Waals surface area contributed by atoms with Gasteiger partial charge in [0.2, 0.25) is 17.4 Å². The summed E-state index contributed by atoms with van der Waals surface area (Å²) in [4.78, 5) is 15.1. The molecule has 0 spiro atoms. The van der Waals surface area contributed by atoms with Gasteiger partial charge in [-0.25, -0.2) is 0 Å². The number of aromatic nitrogens is 4. The van der Waals surface area contributed by atoms with Gasteiger partial charge in [0.05, 0.1) is 5.41 Å². The number of allylic oxidation sites excluding steroid dienone is 6. The van der Waals surface area contributed by atoms with E-state index in [1.165, 1.54) is 61.8 Å². The zero-order chi connectivity index (χ0) is 37.8. The molecule has 0 saturated heterocycles. The predicted octanol–water partition coefficient (Wildman–Crippen LogP) is 6.19. The van der Waals surface area contributed by atoms with Gasteiger partial charge in [0.25, 0.3) is 0 Å². The van der Waals surface area contributed by atoms with Gasteiger partial charge >= 0.3 is 0 Å². The number of likely N-dealkylation sites (N-methyl/N-ethyl adjacent to an activating group) is 1. The molecule has 0 fully saturated rings. The van der Waals surface area contributed by atoms with Crippen molar-refractivity contribution < 1.29 is 21.8 Å². The van der Waals surface area contributed by atoms with Crippen molar-refractivity contribution >= 4 is 44.5 Å². The van der Waals surface area contributed by atoms with Gasteiger partial charge in [0.1, 0.15) is 6.54 Å². The van der Waals surface area contributed by atoms with Crippen molar-refractivity contribution in [1.29, 1.82) is 0 Å². The van der Waals surface area contributed by atoms with Crippen LogP contribution in [0.15, 0.2) is 139 Å². The summed E-state index contributed by atoms with van der Waals surface area (Å²) < 4.78 is 2.51. The van der Waals surface area contributed by atoms with E-state index in [2.05, 4.69) is 159 Å². The SMILES string of the molecule is CN1C(=CC=CC=CC2=[N+](CCCCCC(=O)NCc3ccc(-c4nncnn4)cc3)c3ccc4ccccc4c3C2(C)C)Cc2c1ccc1ccccc21.[Cl-]. The third-order valence-electron chi connectivity index (χ3n) is 11.1. The highest BCUT2D eigenvalue weighted by atomic mass is 35.5. The normalized spacial score (nSPS) is 15.3. The van der Waals surface area contributed by atoms with Gasteiger partial charge in [-0.15, -0.1) is 20.4 Å². The van der Waals surface area contributed by atoms with Gasteiger partial charge in [-0.2, -0.15) is 4.58 Å². The van der Waals surface area contributed by atoms with Crippen LogP contribution in [0, 0.1) is 0 Å². The van der Waals surface area contributed by atoms with Crippen LogP contribution in [0.5, 0.6) is 0 Å². The van der Waals surface area contributed by atoms with Gasteiger partial charge in [0, 0.05) is 67.5 Å². The Morgan fingerprint density at radius 3 is 2.32 bits per heavy atom. The second-order valence-electron chi connectivity index (χ2n) is 14.9. The number of hydrogen-bond acceptors (Lipinski definition) is 6. The molecule has 0 radical (unpaired) electrons. The summed E-state index contributed by atoms with van der Waals surface area (Å²) in [5.74, 6) is 0.549. The number of unbranched alkanes of at least 4 members (excludes halogenated alkanes) is 2. The molecule has 1 amide bonds. The molecule has 0 saturated carbocycles. The van der Waals surface area contributed by atoms with Crippen molar-refractivity contribution in [3.05, 3.63) is 156 Å². The fourth-order valence-corrected chi connectivity index (χ4v) is 8.22. The Hall–Kier alpha value is -5.99. The first kappa shape index (κ1) is 38.3. The lowest BCUT2D eigenvalue weighted by molar-refractivity contribution is -0.438. The number of amides is 1. The fourth-order valence-electron chi connectivity index (χ4n) is 8.22. The smallest absolute Gasteiger partial charge is 0.220 e. The van der Waals surface area contributed by atoms with Crippen molar-refractivity contribution in [2.45, 2.75) is 57.9 Å². The summed E-state index contributed by atoms with van der Waals surface area (Å²) in [5, 5.41) is 23.9. The monoisotopic (exact) mass is 759 g/mol. The quantitative estimate of drug-likeness (QED) is 0.0911. The summed E-state index contributed by atoms with van der Waals surface area (Å²) in [6, 6.07) is 34.2. The minimum Gasteiger partial charge on any atom is -1.00 e. The Kier molecular flexibility index (Phi) is 11.5. The Morgan fingerprint density at radius 2 is 1.54 bits per heavy atom. The van der Waals surface area contributed by atoms with Gasteiger partial charge in [-0.1, -0.05) is 97.1 Å². The molecule has 2 aliphatic heterocycles. The molecular weight excluding hydrogens is 714 g/mol. The van der Waals surface area contributed by atoms with Crippen LogP contribution in [0.4, 0.5) is 11.4 Å². The van der Waals surface area contributed by atoms with Crippen molar-refractivity contribution in [2.24, 2.45) is 0 Å². The zero-order valence-electron chi connectivity index (χ0n) is 32.1. The van der Waals surface area contributed by atoms with Crippen LogP contribution in [-0.2, 0) is 23.2 Å². The van der Waals surface area contributed by atoms with E-state index in [1.807, 2.05) is 24.3 Å². The van der Waals surface area contributed by atoms with E-state index in [0.717, 1.165) is 43.4 Å². The van der Waals surface area contributed by atoms with Gasteiger partial charge in [0.15, 0.2) is 12.0 Å². The molecule has 2 aliphatic rings. The van der Waals surface area contributed by atoms with Crippen LogP contribution in [0.2, 0.25) is 0 Å². The average molecular weight is 760 g/mol. The third-order valence-corrected chi connectivity index (χ3v) is 11.1. The summed E-state index contributed by atoms with van der Waals surface area (Å²) in [7, 11) is 2.16. The molecule has 0 unspecified atom stereocenters. The Morgan fingerprint density at radius 1 is 0.821 bits per heavy atom. The number of nitrogens with one attached hydrogen (secondary N) is 1. The maximum atomic E-state index is 12.7. The number of nitrogens with zero attached hydrogens (tertiary/aromatic N) is 6. The largest absolute Gasteiger partial charge is 1.00 e. The minimum atomic E-state index is -0.173. The molecule has 56 heavy (non-hydrogen) atoms. The van der Waals surface area contributed by atoms with Crippen molar-refractivity contribution in [1.82, 2.24) is 25.7 Å². The van der Waals surface area contributed by atoms with E-state index in [0.29, 0.717) is 18.8 Å². The van der Waals surface area contributed by atoms with Gasteiger partial charge in [-0.3, -0.25) is 4.79 Å². The van der Waals surface area contributed by atoms with Crippen LogP contribution in [0.1, 0.15) is 56.2 Å². The van der Waals surface area contributed by atoms with Crippen LogP contribution in [0.3, 0.4) is 0 Å². The number of rotatable bonds is 12. The molecule has 5 aromatic carbocycles. The number of fused-ring (bicyclic) bond motifs is 6. The molecule has 282 valence electrons. The highest BCUT2D eigenvalue weighted by molar-refractivity contribution is 6.07. The van der Waals surface area contributed by atoms with Crippen LogP contribution < -0.4 is 22.6 Å². The van der Waals surface area contributed by atoms with Crippen LogP contribution in [0.25, 0.3) is 32.9 Å². The predicted molar refractivity (Wildman–Crippen MR) is 223 cm³/mol. The molecule has 8 rings (SSSR count). The molecule has 0 aliphatic carbocycles. The second kappa shape index (κ2) is 16.8. The first-order valence-electron chi connectivity index (χ1n) is 19.2. The maximum Gasteiger partial charge on any atom is 0.220 e. The first-order chi connectivity index (χ1) is 26.9. The van der Waals surface area contributed by atoms with Crippen molar-refractivity contribution in [2.75, 3.05) is 18.5 Å². The third kappa shape index (κ3) is 7.75. The summed E-state index contributed by atoms with van der Waals surface area (Å²) in [6.45, 7) is 6.07. The summed E-state index contributed by atoms with van der Waals surface area (Å²) in [5.41, 5.74) is 9.62. The second-order valence-corrected chi connectivity index (χ2v) is 14.9. The molecule has 6 aromatic rings. The lowest BCUT2D eigenvalue weighted by atomic mass is 9.79. The van der Waals surface area contributed by atoms with E-state index < -0.39 is 0 Å². The number of halogens is 1. The Bertz CT molecular complexity index is 2500. The summed E-state index contributed by atoms with van der Waals surface area (Å²) in [6.07, 6.45) is 16.6. The minimum absolute atomic E-state index is 0. The van der Waals surface area contributed by atoms with Crippen molar-refractivity contribution in [3.63, 3.8) is 0 Å². The maximum absolute atomic E-state index is 12.7. The zero-order valence-corrected chi connectivity index (χ0v) is 32.9. The van der Waals surface area contributed by atoms with Crippen LogP contribution in [-0.4, -0.2) is 50.2 Å². The van der Waals surface area contributed by atoms with Gasteiger partial charge in [-0.05, 0) is 77.6 Å². The Labute approximate surface area is 334 Å². The van der Waals surface area contributed by atoms with E-state index >= 15 is 0 Å². The highest BCUT2D eigenvalue weighted by Gasteiger charge is 2.45. The topological polar surface area (TPSA) is 86.9 Å². The molecule has 0 atom stereocenters. The van der Waals surface area contributed by atoms with Crippen LogP contribution >= 0.6 is 0 Å². The number of carbonyl (C=O) groups excluding carboxylic acids is 1. The fraction of sp³-hybridized carbons (Fsp3) is 0.234. The number of benzene rings is 5. The van der Waals surface area contributed by atoms with E-state index in [1.54, 1.807) is 0 Å². The number of carbonyl (C=O) groups is 1.